The molecule has 1 fully saturated rings. The van der Waals surface area contributed by atoms with E-state index in [1.807, 2.05) is 27.7 Å². The highest BCUT2D eigenvalue weighted by Gasteiger charge is 2.53. The third-order valence-electron chi connectivity index (χ3n) is 4.40. The third-order valence-corrected chi connectivity index (χ3v) is 4.40. The highest BCUT2D eigenvalue weighted by molar-refractivity contribution is 6.62. The van der Waals surface area contributed by atoms with Gasteiger partial charge in [-0.2, -0.15) is 18.4 Å². The summed E-state index contributed by atoms with van der Waals surface area (Å²) in [5.74, 6) is 0. The molecule has 0 radical (unpaired) electrons. The Morgan fingerprint density at radius 3 is 2.27 bits per heavy atom. The van der Waals surface area contributed by atoms with Gasteiger partial charge in [0.15, 0.2) is 0 Å². The lowest BCUT2D eigenvalue weighted by Gasteiger charge is -2.35. The summed E-state index contributed by atoms with van der Waals surface area (Å²) in [6, 6.07) is 4.92. The molecule has 1 aromatic carbocycles. The number of hydrogen-bond acceptors (Lipinski definition) is 3. The van der Waals surface area contributed by atoms with Crippen molar-refractivity contribution in [2.75, 3.05) is 0 Å². The van der Waals surface area contributed by atoms with Gasteiger partial charge in [-0.05, 0) is 44.8 Å². The first-order valence-electron chi connectivity index (χ1n) is 7.00. The largest absolute Gasteiger partial charge is 0.494 e. The summed E-state index contributed by atoms with van der Waals surface area (Å²) in [6.45, 7) is 7.48. The second-order valence-electron chi connectivity index (χ2n) is 6.12. The molecule has 0 N–H and O–H groups in total. The minimum absolute atomic E-state index is 0.0695. The van der Waals surface area contributed by atoms with Crippen LogP contribution in [0.1, 0.15) is 45.2 Å². The molecule has 1 unspecified atom stereocenters. The molecular weight excluding hydrogens is 294 g/mol. The summed E-state index contributed by atoms with van der Waals surface area (Å²) in [7, 11) is -0.922. The minimum atomic E-state index is -4.52. The summed E-state index contributed by atoms with van der Waals surface area (Å²) in [5.41, 5.74) is -2.00. The average Bonchev–Trinajstić information content (AvgIpc) is 2.68. The van der Waals surface area contributed by atoms with Crippen LogP contribution in [0.5, 0.6) is 0 Å². The Labute approximate surface area is 128 Å². The second-order valence-corrected chi connectivity index (χ2v) is 6.12. The topological polar surface area (TPSA) is 42.2 Å². The van der Waals surface area contributed by atoms with Gasteiger partial charge in [-0.25, -0.2) is 0 Å². The maximum Gasteiger partial charge on any atom is 0.494 e. The van der Waals surface area contributed by atoms with E-state index >= 15 is 0 Å². The normalized spacial score (nSPS) is 24.4. The molecule has 2 rings (SSSR count). The smallest absolute Gasteiger partial charge is 0.399 e. The van der Waals surface area contributed by atoms with Gasteiger partial charge in [-0.3, -0.25) is 0 Å². The van der Waals surface area contributed by atoms with Crippen LogP contribution < -0.4 is 5.46 Å². The highest BCUT2D eigenvalue weighted by atomic mass is 19.4. The first-order chi connectivity index (χ1) is 10.0. The van der Waals surface area contributed by atoms with E-state index in [-0.39, 0.29) is 11.0 Å². The quantitative estimate of drug-likeness (QED) is 0.787. The zero-order chi connectivity index (χ0) is 16.8. The van der Waals surface area contributed by atoms with Crippen LogP contribution in [0.25, 0.3) is 0 Å². The molecule has 0 aliphatic carbocycles. The van der Waals surface area contributed by atoms with E-state index in [0.29, 0.717) is 6.42 Å². The van der Waals surface area contributed by atoms with Crippen molar-refractivity contribution in [3.8, 4) is 6.07 Å². The van der Waals surface area contributed by atoms with E-state index in [9.17, 15) is 13.2 Å². The number of halogens is 3. The molecule has 1 saturated heterocycles. The maximum atomic E-state index is 13.0. The molecule has 7 heteroatoms. The zero-order valence-corrected chi connectivity index (χ0v) is 12.9. The van der Waals surface area contributed by atoms with Crippen molar-refractivity contribution in [1.29, 1.82) is 5.26 Å². The van der Waals surface area contributed by atoms with E-state index in [4.69, 9.17) is 14.6 Å². The zero-order valence-electron chi connectivity index (χ0n) is 12.9. The summed E-state index contributed by atoms with van der Waals surface area (Å²) in [6.07, 6.45) is -3.87. The SMILES string of the molecule is CCC1(C)OB(c2cc(C#N)cc(C(F)(F)F)c2)OC1(C)C. The monoisotopic (exact) mass is 311 g/mol. The van der Waals surface area contributed by atoms with E-state index < -0.39 is 30.1 Å². The number of alkyl halides is 3. The van der Waals surface area contributed by atoms with E-state index in [1.165, 1.54) is 6.07 Å². The lowest BCUT2D eigenvalue weighted by molar-refractivity contribution is -0.137. The van der Waals surface area contributed by atoms with E-state index in [2.05, 4.69) is 0 Å². The molecule has 0 aromatic heterocycles. The van der Waals surface area contributed by atoms with Gasteiger partial charge in [-0.15, -0.1) is 0 Å². The lowest BCUT2D eigenvalue weighted by atomic mass is 9.77. The van der Waals surface area contributed by atoms with Gasteiger partial charge in [0.25, 0.3) is 0 Å². The van der Waals surface area contributed by atoms with Gasteiger partial charge < -0.3 is 9.31 Å². The maximum absolute atomic E-state index is 13.0. The van der Waals surface area contributed by atoms with Gasteiger partial charge in [-0.1, -0.05) is 13.0 Å². The number of benzene rings is 1. The number of rotatable bonds is 2. The molecule has 1 aliphatic rings. The van der Waals surface area contributed by atoms with Gasteiger partial charge >= 0.3 is 13.3 Å². The molecule has 3 nitrogen and oxygen atoms in total. The van der Waals surface area contributed by atoms with Crippen LogP contribution in [0, 0.1) is 11.3 Å². The Kier molecular flexibility index (Phi) is 4.05. The van der Waals surface area contributed by atoms with Crippen LogP contribution >= 0.6 is 0 Å². The molecule has 118 valence electrons. The predicted molar refractivity (Wildman–Crippen MR) is 76.5 cm³/mol. The fourth-order valence-corrected chi connectivity index (χ4v) is 2.46. The van der Waals surface area contributed by atoms with Crippen LogP contribution in [-0.2, 0) is 15.5 Å². The van der Waals surface area contributed by atoms with Crippen molar-refractivity contribution in [1.82, 2.24) is 0 Å². The Morgan fingerprint density at radius 2 is 1.82 bits per heavy atom. The van der Waals surface area contributed by atoms with Crippen molar-refractivity contribution in [2.45, 2.75) is 51.5 Å². The first kappa shape index (κ1) is 16.8. The fraction of sp³-hybridized carbons (Fsp3) is 0.533. The molecule has 1 aromatic rings. The van der Waals surface area contributed by atoms with Crippen molar-refractivity contribution in [3.05, 3.63) is 29.3 Å². The fourth-order valence-electron chi connectivity index (χ4n) is 2.46. The molecule has 0 bridgehead atoms. The molecule has 1 heterocycles. The molecule has 0 spiro atoms. The molecule has 1 aliphatic heterocycles. The first-order valence-corrected chi connectivity index (χ1v) is 7.00. The van der Waals surface area contributed by atoms with Crippen molar-refractivity contribution >= 4 is 12.6 Å². The second kappa shape index (κ2) is 5.29. The Bertz CT molecular complexity index is 624. The summed E-state index contributed by atoms with van der Waals surface area (Å²) in [4.78, 5) is 0. The Morgan fingerprint density at radius 1 is 1.18 bits per heavy atom. The number of nitrogens with zero attached hydrogens (tertiary/aromatic N) is 1. The molecule has 0 saturated carbocycles. The van der Waals surface area contributed by atoms with E-state index in [0.717, 1.165) is 12.1 Å². The standard InChI is InChI=1S/C15H17BF3NO2/c1-5-14(4)13(2,3)21-16(22-14)12-7-10(9-20)6-11(8-12)15(17,18)19/h6-8H,5H2,1-4H3. The van der Waals surface area contributed by atoms with Gasteiger partial charge in [0, 0.05) is 0 Å². The number of hydrogen-bond donors (Lipinski definition) is 0. The van der Waals surface area contributed by atoms with E-state index in [1.54, 1.807) is 6.07 Å². The van der Waals surface area contributed by atoms with Crippen LogP contribution in [0.2, 0.25) is 0 Å². The average molecular weight is 311 g/mol. The van der Waals surface area contributed by atoms with Gasteiger partial charge in [0.1, 0.15) is 0 Å². The molecule has 22 heavy (non-hydrogen) atoms. The predicted octanol–water partition coefficient (Wildman–Crippen LogP) is 3.27. The van der Waals surface area contributed by atoms with Crippen molar-refractivity contribution < 1.29 is 22.5 Å². The van der Waals surface area contributed by atoms with Crippen molar-refractivity contribution in [2.24, 2.45) is 0 Å². The molecule has 1 atom stereocenters. The Balaban J connectivity index is 2.45. The van der Waals surface area contributed by atoms with Crippen LogP contribution in [0.3, 0.4) is 0 Å². The highest BCUT2D eigenvalue weighted by Crippen LogP contribution is 2.39. The Hall–Kier alpha value is -1.52. The van der Waals surface area contributed by atoms with Crippen molar-refractivity contribution in [3.63, 3.8) is 0 Å². The van der Waals surface area contributed by atoms with Gasteiger partial charge in [0.05, 0.1) is 28.4 Å². The van der Waals surface area contributed by atoms with Crippen LogP contribution in [0.4, 0.5) is 13.2 Å². The minimum Gasteiger partial charge on any atom is -0.399 e. The summed E-state index contributed by atoms with van der Waals surface area (Å²) >= 11 is 0. The lowest BCUT2D eigenvalue weighted by Crippen LogP contribution is -2.44. The van der Waals surface area contributed by atoms with Crippen LogP contribution in [0.15, 0.2) is 18.2 Å². The third kappa shape index (κ3) is 2.86. The number of nitriles is 1. The molecular formula is C15H17BF3NO2. The summed E-state index contributed by atoms with van der Waals surface area (Å²) < 4.78 is 50.5. The van der Waals surface area contributed by atoms with Gasteiger partial charge in [0.2, 0.25) is 0 Å². The van der Waals surface area contributed by atoms with Crippen LogP contribution in [-0.4, -0.2) is 18.3 Å². The molecule has 0 amide bonds. The summed E-state index contributed by atoms with van der Waals surface area (Å²) in [5, 5.41) is 8.95.